The highest BCUT2D eigenvalue weighted by Gasteiger charge is 2.16. The van der Waals surface area contributed by atoms with E-state index in [-0.39, 0.29) is 17.2 Å². The molecule has 0 radical (unpaired) electrons. The molecule has 1 heterocycles. The largest absolute Gasteiger partial charge is 0.288 e. The van der Waals surface area contributed by atoms with E-state index in [0.29, 0.717) is 12.1 Å². The summed E-state index contributed by atoms with van der Waals surface area (Å²) < 4.78 is 0. The maximum atomic E-state index is 12.0. The third-order valence-corrected chi connectivity index (χ3v) is 2.77. The number of aryl methyl sites for hydroxylation is 2. The molecule has 2 rings (SSSR count). The van der Waals surface area contributed by atoms with Crippen LogP contribution in [0, 0.1) is 17.0 Å². The third-order valence-electron chi connectivity index (χ3n) is 2.77. The maximum Gasteiger partial charge on any atom is 0.273 e. The highest BCUT2D eigenvalue weighted by molar-refractivity contribution is 6.03. The lowest BCUT2D eigenvalue weighted by molar-refractivity contribution is -0.385. The van der Waals surface area contributed by atoms with Crippen LogP contribution in [0.15, 0.2) is 18.2 Å². The molecule has 0 saturated carbocycles. The van der Waals surface area contributed by atoms with Crippen molar-refractivity contribution in [2.45, 2.75) is 26.8 Å². The number of carbonyl (C=O) groups is 1. The first-order chi connectivity index (χ1) is 10.0. The molecule has 0 unspecified atom stereocenters. The van der Waals surface area contributed by atoms with Crippen molar-refractivity contribution >= 4 is 17.5 Å². The number of nitrogens with one attached hydrogen (secondary N) is 1. The standard InChI is InChI=1S/C12H14N6O3/c1-3-6-17-15-12(14-16-17)13-11(19)9-5-4-8(2)10(7-9)18(20)21/h4-5,7H,3,6H2,1-2H3,(H,13,15,19). The Balaban J connectivity index is 2.16. The van der Waals surface area contributed by atoms with E-state index in [1.165, 1.54) is 23.0 Å². The average Bonchev–Trinajstić information content (AvgIpc) is 2.86. The topological polar surface area (TPSA) is 116 Å². The Hall–Kier alpha value is -2.84. The lowest BCUT2D eigenvalue weighted by Crippen LogP contribution is -2.14. The number of aromatic nitrogens is 4. The summed E-state index contributed by atoms with van der Waals surface area (Å²) in [5, 5.41) is 24.7. The van der Waals surface area contributed by atoms with Crippen LogP contribution in [-0.4, -0.2) is 31.0 Å². The number of benzene rings is 1. The average molecular weight is 290 g/mol. The minimum absolute atomic E-state index is 0.0664. The number of nitro groups is 1. The molecule has 0 aliphatic carbocycles. The third kappa shape index (κ3) is 3.38. The van der Waals surface area contributed by atoms with Gasteiger partial charge in [0, 0.05) is 17.2 Å². The van der Waals surface area contributed by atoms with Crippen molar-refractivity contribution in [1.82, 2.24) is 20.2 Å². The number of hydrogen-bond acceptors (Lipinski definition) is 6. The molecule has 2 aromatic rings. The van der Waals surface area contributed by atoms with E-state index >= 15 is 0 Å². The van der Waals surface area contributed by atoms with Crippen LogP contribution in [0.1, 0.15) is 29.3 Å². The van der Waals surface area contributed by atoms with Crippen LogP contribution >= 0.6 is 0 Å². The Morgan fingerprint density at radius 3 is 2.90 bits per heavy atom. The van der Waals surface area contributed by atoms with Gasteiger partial charge in [-0.3, -0.25) is 20.2 Å². The fourth-order valence-electron chi connectivity index (χ4n) is 1.71. The number of tetrazole rings is 1. The van der Waals surface area contributed by atoms with Crippen molar-refractivity contribution < 1.29 is 9.72 Å². The van der Waals surface area contributed by atoms with Gasteiger partial charge in [0.25, 0.3) is 17.5 Å². The molecular formula is C12H14N6O3. The molecule has 1 amide bonds. The van der Waals surface area contributed by atoms with Crippen LogP contribution in [0.2, 0.25) is 0 Å². The Bertz CT molecular complexity index is 681. The number of anilines is 1. The van der Waals surface area contributed by atoms with E-state index in [0.717, 1.165) is 6.42 Å². The molecule has 1 aromatic heterocycles. The molecule has 0 saturated heterocycles. The van der Waals surface area contributed by atoms with Crippen LogP contribution in [0.5, 0.6) is 0 Å². The van der Waals surface area contributed by atoms with Gasteiger partial charge in [-0.15, -0.1) is 5.10 Å². The molecule has 1 aromatic carbocycles. The van der Waals surface area contributed by atoms with Crippen LogP contribution in [-0.2, 0) is 6.54 Å². The van der Waals surface area contributed by atoms with E-state index in [9.17, 15) is 14.9 Å². The number of hydrogen-bond donors (Lipinski definition) is 1. The normalized spacial score (nSPS) is 10.4. The van der Waals surface area contributed by atoms with Crippen molar-refractivity contribution in [3.05, 3.63) is 39.4 Å². The van der Waals surface area contributed by atoms with Gasteiger partial charge in [0.2, 0.25) is 0 Å². The number of carbonyl (C=O) groups excluding carboxylic acids is 1. The molecule has 1 N–H and O–H groups in total. The highest BCUT2D eigenvalue weighted by atomic mass is 16.6. The number of rotatable bonds is 5. The molecule has 0 fully saturated rings. The fraction of sp³-hybridized carbons (Fsp3) is 0.333. The van der Waals surface area contributed by atoms with Crippen LogP contribution in [0.3, 0.4) is 0 Å². The minimum atomic E-state index is -0.526. The molecule has 21 heavy (non-hydrogen) atoms. The van der Waals surface area contributed by atoms with Gasteiger partial charge >= 0.3 is 0 Å². The maximum absolute atomic E-state index is 12.0. The Morgan fingerprint density at radius 2 is 2.24 bits per heavy atom. The zero-order chi connectivity index (χ0) is 15.4. The van der Waals surface area contributed by atoms with Gasteiger partial charge in [-0.2, -0.15) is 4.80 Å². The Labute approximate surface area is 120 Å². The van der Waals surface area contributed by atoms with Crippen LogP contribution in [0.4, 0.5) is 11.6 Å². The summed E-state index contributed by atoms with van der Waals surface area (Å²) in [5.41, 5.74) is 0.549. The summed E-state index contributed by atoms with van der Waals surface area (Å²) in [7, 11) is 0. The molecule has 0 aliphatic heterocycles. The summed E-state index contributed by atoms with van der Waals surface area (Å²) in [6.45, 7) is 4.17. The van der Waals surface area contributed by atoms with Crippen molar-refractivity contribution in [3.63, 3.8) is 0 Å². The summed E-state index contributed by atoms with van der Waals surface area (Å²) in [6, 6.07) is 4.25. The van der Waals surface area contributed by atoms with E-state index in [1.807, 2.05) is 6.92 Å². The van der Waals surface area contributed by atoms with Gasteiger partial charge in [0.1, 0.15) is 0 Å². The first kappa shape index (κ1) is 14.6. The summed E-state index contributed by atoms with van der Waals surface area (Å²) in [5.74, 6) is -0.453. The molecule has 0 bridgehead atoms. The predicted octanol–water partition coefficient (Wildman–Crippen LogP) is 1.55. The van der Waals surface area contributed by atoms with Crippen molar-refractivity contribution in [2.75, 3.05) is 5.32 Å². The monoisotopic (exact) mass is 290 g/mol. The predicted molar refractivity (Wildman–Crippen MR) is 73.9 cm³/mol. The SMILES string of the molecule is CCCn1nnc(NC(=O)c2ccc(C)c([N+](=O)[O-])c2)n1. The lowest BCUT2D eigenvalue weighted by Gasteiger charge is -2.02. The smallest absolute Gasteiger partial charge is 0.273 e. The van der Waals surface area contributed by atoms with E-state index < -0.39 is 10.8 Å². The minimum Gasteiger partial charge on any atom is -0.288 e. The van der Waals surface area contributed by atoms with E-state index in [4.69, 9.17) is 0 Å². The molecule has 110 valence electrons. The van der Waals surface area contributed by atoms with Crippen molar-refractivity contribution in [3.8, 4) is 0 Å². The van der Waals surface area contributed by atoms with E-state index in [1.54, 1.807) is 6.92 Å². The van der Waals surface area contributed by atoms with Gasteiger partial charge in [-0.05, 0) is 24.6 Å². The number of nitrogens with zero attached hydrogens (tertiary/aromatic N) is 5. The second-order valence-electron chi connectivity index (χ2n) is 4.42. The van der Waals surface area contributed by atoms with Gasteiger partial charge in [-0.1, -0.05) is 18.1 Å². The molecule has 9 heteroatoms. The van der Waals surface area contributed by atoms with E-state index in [2.05, 4.69) is 20.7 Å². The lowest BCUT2D eigenvalue weighted by atomic mass is 10.1. The zero-order valence-electron chi connectivity index (χ0n) is 11.6. The van der Waals surface area contributed by atoms with Crippen molar-refractivity contribution in [2.24, 2.45) is 0 Å². The first-order valence-corrected chi connectivity index (χ1v) is 6.35. The molecule has 0 atom stereocenters. The van der Waals surface area contributed by atoms with Gasteiger partial charge < -0.3 is 0 Å². The number of nitro benzene ring substituents is 1. The zero-order valence-corrected chi connectivity index (χ0v) is 11.6. The first-order valence-electron chi connectivity index (χ1n) is 6.35. The fourth-order valence-corrected chi connectivity index (χ4v) is 1.71. The quantitative estimate of drug-likeness (QED) is 0.659. The summed E-state index contributed by atoms with van der Waals surface area (Å²) in [6.07, 6.45) is 0.841. The van der Waals surface area contributed by atoms with Gasteiger partial charge in [0.15, 0.2) is 0 Å². The number of amides is 1. The second-order valence-corrected chi connectivity index (χ2v) is 4.42. The molecule has 0 spiro atoms. The Kier molecular flexibility index (Phi) is 4.21. The summed E-state index contributed by atoms with van der Waals surface area (Å²) in [4.78, 5) is 23.7. The van der Waals surface area contributed by atoms with Gasteiger partial charge in [0.05, 0.1) is 11.5 Å². The highest BCUT2D eigenvalue weighted by Crippen LogP contribution is 2.19. The van der Waals surface area contributed by atoms with Crippen LogP contribution in [0.25, 0.3) is 0 Å². The van der Waals surface area contributed by atoms with Crippen LogP contribution < -0.4 is 5.32 Å². The van der Waals surface area contributed by atoms with Gasteiger partial charge in [-0.25, -0.2) is 0 Å². The molecule has 0 aliphatic rings. The van der Waals surface area contributed by atoms with Crippen molar-refractivity contribution in [1.29, 1.82) is 0 Å². The molecule has 9 nitrogen and oxygen atoms in total. The molecular weight excluding hydrogens is 276 g/mol. The second kappa shape index (κ2) is 6.07. The Morgan fingerprint density at radius 1 is 1.48 bits per heavy atom. The summed E-state index contributed by atoms with van der Waals surface area (Å²) >= 11 is 0.